The van der Waals surface area contributed by atoms with Crippen molar-refractivity contribution < 1.29 is 40.1 Å². The van der Waals surface area contributed by atoms with Gasteiger partial charge in [-0.25, -0.2) is 0 Å². The number of carbonyl (C=O) groups excluding carboxylic acids is 2. The van der Waals surface area contributed by atoms with Gasteiger partial charge in [-0.05, 0) is 45.5 Å². The van der Waals surface area contributed by atoms with Crippen molar-refractivity contribution in [3.8, 4) is 0 Å². The van der Waals surface area contributed by atoms with Crippen LogP contribution in [0.2, 0.25) is 10.0 Å². The molecule has 51 heavy (non-hydrogen) atoms. The molecule has 19 heteroatoms. The third-order valence-electron chi connectivity index (χ3n) is 8.23. The average molecular weight is 991 g/mol. The van der Waals surface area contributed by atoms with E-state index in [1.165, 1.54) is 23.5 Å². The molecule has 0 aliphatic carbocycles. The van der Waals surface area contributed by atoms with Gasteiger partial charge in [0.2, 0.25) is 0 Å². The second-order valence-corrected chi connectivity index (χ2v) is 14.8. The van der Waals surface area contributed by atoms with Gasteiger partial charge in [-0.15, -0.1) is 33.7 Å². The zero-order valence-electron chi connectivity index (χ0n) is 27.9. The van der Waals surface area contributed by atoms with Crippen molar-refractivity contribution in [3.63, 3.8) is 0 Å². The smallest absolute Gasteiger partial charge is 0.752 e. The summed E-state index contributed by atoms with van der Waals surface area (Å²) in [5.41, 5.74) is 3.30. The summed E-state index contributed by atoms with van der Waals surface area (Å²) in [5, 5.41) is 17.1. The number of thioether (sulfide) groups is 2. The standard InChI is InChI=1S/2C16H19ClN4O2S2.Pt/c2*1-25-16(24)19-18-14-13-11(17)3-2-4-12(13)21(15(14)22)6-5-20-7-9-23-10-8-20;/h2*2-4H,5-10H2,1H3,(H,19,24);/q;;+2/p-2/b2*18-14+;. The molecular weight excluding hydrogens is 955 g/mol. The fourth-order valence-corrected chi connectivity index (χ4v) is 6.50. The summed E-state index contributed by atoms with van der Waals surface area (Å²) >= 11 is 25.3. The van der Waals surface area contributed by atoms with Crippen molar-refractivity contribution in [1.82, 2.24) is 9.80 Å². The number of amides is 2. The van der Waals surface area contributed by atoms with E-state index in [0.717, 1.165) is 77.1 Å². The first-order valence-corrected chi connectivity index (χ1v) is 19.8. The molecule has 12 nitrogen and oxygen atoms in total. The molecule has 2 fully saturated rings. The van der Waals surface area contributed by atoms with Gasteiger partial charge in [0.05, 0.1) is 59.0 Å². The maximum Gasteiger partial charge on any atom is 2.00 e. The summed E-state index contributed by atoms with van der Waals surface area (Å²) in [6, 6.07) is 10.9. The summed E-state index contributed by atoms with van der Waals surface area (Å²) in [4.78, 5) is 33.7. The summed E-state index contributed by atoms with van der Waals surface area (Å²) < 4.78 is 11.5. The Morgan fingerprint density at radius 1 is 0.686 bits per heavy atom. The number of carbonyl (C=O) groups is 2. The van der Waals surface area contributed by atoms with Crippen LogP contribution in [0.3, 0.4) is 0 Å². The Morgan fingerprint density at radius 2 is 1.06 bits per heavy atom. The summed E-state index contributed by atoms with van der Waals surface area (Å²) in [7, 11) is 0. The number of rotatable bonds is 8. The van der Waals surface area contributed by atoms with Crippen LogP contribution in [0.15, 0.2) is 56.8 Å². The van der Waals surface area contributed by atoms with Crippen LogP contribution >= 0.6 is 46.7 Å². The van der Waals surface area contributed by atoms with E-state index in [1.807, 2.05) is 36.8 Å². The van der Waals surface area contributed by atoms with E-state index in [-0.39, 0.29) is 44.3 Å². The van der Waals surface area contributed by atoms with E-state index in [2.05, 4.69) is 30.2 Å². The topological polar surface area (TPSA) is 115 Å². The second kappa shape index (κ2) is 20.7. The minimum absolute atomic E-state index is 0. The van der Waals surface area contributed by atoms with Gasteiger partial charge >= 0.3 is 21.1 Å². The Balaban J connectivity index is 0.000000224. The van der Waals surface area contributed by atoms with Crippen LogP contribution in [-0.4, -0.2) is 133 Å². The number of hydrogen-bond acceptors (Lipinski definition) is 14. The molecule has 0 saturated carbocycles. The first-order chi connectivity index (χ1) is 24.2. The van der Waals surface area contributed by atoms with Crippen molar-refractivity contribution in [3.05, 3.63) is 57.6 Å². The number of nitrogens with zero attached hydrogens (tertiary/aromatic N) is 8. The van der Waals surface area contributed by atoms with Gasteiger partial charge in [0.25, 0.3) is 11.8 Å². The van der Waals surface area contributed by atoms with Crippen molar-refractivity contribution in [2.24, 2.45) is 20.4 Å². The maximum absolute atomic E-state index is 12.9. The molecule has 0 bridgehead atoms. The Morgan fingerprint density at radius 3 is 1.41 bits per heavy atom. The van der Waals surface area contributed by atoms with Crippen molar-refractivity contribution in [2.75, 3.05) is 101 Å². The number of hydrogen-bond donors (Lipinski definition) is 0. The van der Waals surface area contributed by atoms with Gasteiger partial charge in [-0.2, -0.15) is 10.2 Å². The quantitative estimate of drug-likeness (QED) is 0.167. The van der Waals surface area contributed by atoms with E-state index >= 15 is 0 Å². The van der Waals surface area contributed by atoms with Crippen LogP contribution in [0.1, 0.15) is 11.1 Å². The Bertz CT molecular complexity index is 1570. The van der Waals surface area contributed by atoms with E-state index in [1.54, 1.807) is 21.9 Å². The minimum Gasteiger partial charge on any atom is -0.752 e. The molecule has 276 valence electrons. The van der Waals surface area contributed by atoms with Gasteiger partial charge in [0.15, 0.2) is 11.4 Å². The second-order valence-electron chi connectivity index (χ2n) is 11.1. The monoisotopic (exact) mass is 989 g/mol. The number of fused-ring (bicyclic) bond motifs is 2. The average Bonchev–Trinajstić information content (AvgIpc) is 3.58. The predicted octanol–water partition coefficient (Wildman–Crippen LogP) is 3.98. The molecule has 0 radical (unpaired) electrons. The molecular formula is C32H36Cl2N8O4PtS4. The van der Waals surface area contributed by atoms with Crippen molar-refractivity contribution in [2.45, 2.75) is 0 Å². The molecule has 0 atom stereocenters. The largest absolute Gasteiger partial charge is 2.00 e. The van der Waals surface area contributed by atoms with Crippen LogP contribution < -0.4 is 9.80 Å². The van der Waals surface area contributed by atoms with Crippen molar-refractivity contribution >= 4 is 115 Å². The minimum atomic E-state index is -0.191. The molecule has 4 aliphatic heterocycles. The van der Waals surface area contributed by atoms with Gasteiger partial charge < -0.3 is 44.5 Å². The molecule has 0 N–H and O–H groups in total. The SMILES string of the molecule is CS/C([S-])=N/N=C1/C(=O)N(CCN2CCOCC2)c2cccc(Cl)c21.CS/C([S-])=N/N=C1/C(=O)N(CCN2CCOCC2)c2cccc(Cl)c21.[Pt+2]. The number of ether oxygens (including phenoxy) is 2. The summed E-state index contributed by atoms with van der Waals surface area (Å²) in [5.74, 6) is -0.381. The third-order valence-corrected chi connectivity index (χ3v) is 10.9. The summed E-state index contributed by atoms with van der Waals surface area (Å²) in [6.45, 7) is 9.11. The first kappa shape index (κ1) is 42.1. The Hall–Kier alpha value is -1.69. The first-order valence-electron chi connectivity index (χ1n) is 15.8. The predicted molar refractivity (Wildman–Crippen MR) is 212 cm³/mol. The molecule has 4 aliphatic rings. The van der Waals surface area contributed by atoms with Gasteiger partial charge in [0.1, 0.15) is 0 Å². The van der Waals surface area contributed by atoms with Crippen LogP contribution in [0.25, 0.3) is 0 Å². The van der Waals surface area contributed by atoms with E-state index < -0.39 is 0 Å². The normalized spacial score (nSPS) is 20.0. The molecule has 0 aromatic heterocycles. The number of anilines is 2. The Kier molecular flexibility index (Phi) is 17.1. The molecule has 0 unspecified atom stereocenters. The summed E-state index contributed by atoms with van der Waals surface area (Å²) in [6.07, 6.45) is 3.64. The molecule has 2 saturated heterocycles. The fraction of sp³-hybridized carbons (Fsp3) is 0.438. The maximum atomic E-state index is 12.9. The van der Waals surface area contributed by atoms with Crippen LogP contribution in [-0.2, 0) is 65.4 Å². The molecule has 2 aromatic carbocycles. The van der Waals surface area contributed by atoms with Crippen LogP contribution in [0.4, 0.5) is 11.4 Å². The fourth-order valence-electron chi connectivity index (χ4n) is 5.66. The van der Waals surface area contributed by atoms with Crippen LogP contribution in [0, 0.1) is 0 Å². The number of benzene rings is 2. The van der Waals surface area contributed by atoms with E-state index in [0.29, 0.717) is 43.0 Å². The zero-order valence-corrected chi connectivity index (χ0v) is 34.9. The number of morpholine rings is 2. The van der Waals surface area contributed by atoms with Gasteiger partial charge in [-0.3, -0.25) is 19.4 Å². The zero-order chi connectivity index (χ0) is 35.6. The number of halogens is 2. The Labute approximate surface area is 341 Å². The van der Waals surface area contributed by atoms with Crippen molar-refractivity contribution in [1.29, 1.82) is 0 Å². The molecule has 0 spiro atoms. The molecule has 2 amide bonds. The van der Waals surface area contributed by atoms with E-state index in [4.69, 9.17) is 57.9 Å². The third kappa shape index (κ3) is 10.7. The molecule has 2 aromatic rings. The van der Waals surface area contributed by atoms with E-state index in [9.17, 15) is 9.59 Å². The molecule has 6 rings (SSSR count). The van der Waals surface area contributed by atoms with Gasteiger partial charge in [0, 0.05) is 52.4 Å². The van der Waals surface area contributed by atoms with Gasteiger partial charge in [-0.1, -0.05) is 35.3 Å². The van der Waals surface area contributed by atoms with Crippen LogP contribution in [0.5, 0.6) is 0 Å². The molecule has 4 heterocycles.